The minimum absolute atomic E-state index is 0.0801. The fourth-order valence-electron chi connectivity index (χ4n) is 3.05. The van der Waals surface area contributed by atoms with Crippen LogP contribution in [-0.2, 0) is 4.79 Å². The van der Waals surface area contributed by atoms with Crippen LogP contribution in [0.4, 0.5) is 16.3 Å². The molecule has 4 rings (SSSR count). The summed E-state index contributed by atoms with van der Waals surface area (Å²) >= 11 is 0. The molecule has 1 aliphatic carbocycles. The number of rotatable bonds is 5. The normalized spacial score (nSPS) is 18.1. The molecule has 3 amide bonds. The van der Waals surface area contributed by atoms with Crippen LogP contribution in [0, 0.1) is 0 Å². The van der Waals surface area contributed by atoms with Gasteiger partial charge in [0.2, 0.25) is 5.91 Å². The van der Waals surface area contributed by atoms with Gasteiger partial charge in [0.05, 0.1) is 5.92 Å². The molecule has 2 fully saturated rings. The number of benzene rings is 1. The molecule has 1 aliphatic heterocycles. The Balaban J connectivity index is 1.41. The van der Waals surface area contributed by atoms with Gasteiger partial charge < -0.3 is 10.6 Å². The summed E-state index contributed by atoms with van der Waals surface area (Å²) in [5.41, 5.74) is 2.84. The van der Waals surface area contributed by atoms with Gasteiger partial charge in [0.1, 0.15) is 0 Å². The van der Waals surface area contributed by atoms with Crippen molar-refractivity contribution >= 4 is 23.4 Å². The van der Waals surface area contributed by atoms with E-state index in [1.807, 2.05) is 37.3 Å². The zero-order valence-corrected chi connectivity index (χ0v) is 14.1. The number of urea groups is 1. The second-order valence-electron chi connectivity index (χ2n) is 6.67. The van der Waals surface area contributed by atoms with E-state index in [0.717, 1.165) is 16.9 Å². The van der Waals surface area contributed by atoms with Crippen molar-refractivity contribution in [3.63, 3.8) is 0 Å². The molecule has 1 aromatic heterocycles. The summed E-state index contributed by atoms with van der Waals surface area (Å²) in [5, 5.41) is 12.8. The van der Waals surface area contributed by atoms with Crippen LogP contribution in [0.25, 0.3) is 0 Å². The number of carbonyl (C=O) groups is 2. The van der Waals surface area contributed by atoms with Gasteiger partial charge in [-0.05, 0) is 37.5 Å². The lowest BCUT2D eigenvalue weighted by molar-refractivity contribution is -0.117. The maximum Gasteiger partial charge on any atom is 0.321 e. The van der Waals surface area contributed by atoms with E-state index in [-0.39, 0.29) is 17.9 Å². The maximum absolute atomic E-state index is 12.5. The molecule has 130 valence electrons. The Labute approximate surface area is 145 Å². The fourth-order valence-corrected chi connectivity index (χ4v) is 3.05. The number of hydrogen-bond acceptors (Lipinski definition) is 3. The van der Waals surface area contributed by atoms with Crippen LogP contribution in [-0.4, -0.2) is 35.2 Å². The van der Waals surface area contributed by atoms with Crippen LogP contribution in [0.2, 0.25) is 0 Å². The SMILES string of the molecule is C[C@H](C(=O)Nc1cc(C2CC2)[nH]n1)c1ccc(N2CCNC2=O)cc1. The fraction of sp³-hybridized carbons (Fsp3) is 0.389. The van der Waals surface area contributed by atoms with Crippen LogP contribution in [0.5, 0.6) is 0 Å². The molecular formula is C18H21N5O2. The molecule has 2 heterocycles. The van der Waals surface area contributed by atoms with Crippen molar-refractivity contribution in [3.05, 3.63) is 41.6 Å². The largest absolute Gasteiger partial charge is 0.336 e. The molecule has 7 heteroatoms. The topological polar surface area (TPSA) is 90.1 Å². The Kier molecular flexibility index (Phi) is 3.91. The van der Waals surface area contributed by atoms with Gasteiger partial charge in [0.25, 0.3) is 0 Å². The molecule has 0 radical (unpaired) electrons. The van der Waals surface area contributed by atoms with E-state index in [1.54, 1.807) is 4.90 Å². The number of anilines is 2. The highest BCUT2D eigenvalue weighted by atomic mass is 16.2. The molecule has 1 atom stereocenters. The lowest BCUT2D eigenvalue weighted by Crippen LogP contribution is -2.27. The number of aromatic amines is 1. The Morgan fingerprint density at radius 1 is 1.32 bits per heavy atom. The first-order chi connectivity index (χ1) is 12.1. The Morgan fingerprint density at radius 3 is 2.72 bits per heavy atom. The van der Waals surface area contributed by atoms with E-state index in [9.17, 15) is 9.59 Å². The number of carbonyl (C=O) groups excluding carboxylic acids is 2. The van der Waals surface area contributed by atoms with Gasteiger partial charge in [-0.2, -0.15) is 5.10 Å². The van der Waals surface area contributed by atoms with Gasteiger partial charge in [-0.25, -0.2) is 4.79 Å². The van der Waals surface area contributed by atoms with Crippen LogP contribution in [0.15, 0.2) is 30.3 Å². The minimum Gasteiger partial charge on any atom is -0.336 e. The van der Waals surface area contributed by atoms with E-state index in [2.05, 4.69) is 20.8 Å². The molecule has 1 aromatic carbocycles. The van der Waals surface area contributed by atoms with Crippen molar-refractivity contribution in [2.75, 3.05) is 23.3 Å². The molecule has 2 aliphatic rings. The monoisotopic (exact) mass is 339 g/mol. The first-order valence-electron chi connectivity index (χ1n) is 8.63. The van der Waals surface area contributed by atoms with E-state index >= 15 is 0 Å². The summed E-state index contributed by atoms with van der Waals surface area (Å²) in [6, 6.07) is 9.38. The number of nitrogens with one attached hydrogen (secondary N) is 3. The van der Waals surface area contributed by atoms with Crippen molar-refractivity contribution in [2.24, 2.45) is 0 Å². The molecule has 1 saturated carbocycles. The van der Waals surface area contributed by atoms with Crippen molar-refractivity contribution < 1.29 is 9.59 Å². The molecular weight excluding hydrogens is 318 g/mol. The third-order valence-electron chi connectivity index (χ3n) is 4.82. The Bertz CT molecular complexity index is 794. The number of aromatic nitrogens is 2. The molecule has 3 N–H and O–H groups in total. The Hall–Kier alpha value is -2.83. The van der Waals surface area contributed by atoms with Crippen LogP contribution in [0.1, 0.15) is 42.9 Å². The van der Waals surface area contributed by atoms with Gasteiger partial charge in [-0.15, -0.1) is 0 Å². The maximum atomic E-state index is 12.5. The van der Waals surface area contributed by atoms with Crippen molar-refractivity contribution in [1.29, 1.82) is 0 Å². The quantitative estimate of drug-likeness (QED) is 0.782. The second-order valence-corrected chi connectivity index (χ2v) is 6.67. The van der Waals surface area contributed by atoms with Crippen LogP contribution in [0.3, 0.4) is 0 Å². The molecule has 0 bridgehead atoms. The molecule has 25 heavy (non-hydrogen) atoms. The number of H-pyrrole nitrogens is 1. The lowest BCUT2D eigenvalue weighted by Gasteiger charge is -2.16. The van der Waals surface area contributed by atoms with Gasteiger partial charge in [-0.1, -0.05) is 12.1 Å². The zero-order valence-electron chi connectivity index (χ0n) is 14.1. The van der Waals surface area contributed by atoms with Crippen LogP contribution < -0.4 is 15.5 Å². The summed E-state index contributed by atoms with van der Waals surface area (Å²) in [7, 11) is 0. The zero-order chi connectivity index (χ0) is 17.4. The Morgan fingerprint density at radius 2 is 2.08 bits per heavy atom. The van der Waals surface area contributed by atoms with Gasteiger partial charge in [0, 0.05) is 36.5 Å². The predicted octanol–water partition coefficient (Wildman–Crippen LogP) is 2.56. The average Bonchev–Trinajstić information content (AvgIpc) is 3.22. The summed E-state index contributed by atoms with van der Waals surface area (Å²) < 4.78 is 0. The first-order valence-corrected chi connectivity index (χ1v) is 8.63. The number of nitrogens with zero attached hydrogens (tertiary/aromatic N) is 2. The predicted molar refractivity (Wildman–Crippen MR) is 94.8 cm³/mol. The van der Waals surface area contributed by atoms with Crippen LogP contribution >= 0.6 is 0 Å². The van der Waals surface area contributed by atoms with Crippen molar-refractivity contribution in [1.82, 2.24) is 15.5 Å². The summed E-state index contributed by atoms with van der Waals surface area (Å²) in [6.07, 6.45) is 2.38. The highest BCUT2D eigenvalue weighted by Gasteiger charge is 2.26. The molecule has 0 spiro atoms. The first kappa shape index (κ1) is 15.7. The molecule has 2 aromatic rings. The van der Waals surface area contributed by atoms with E-state index in [1.165, 1.54) is 12.8 Å². The molecule has 1 saturated heterocycles. The number of amides is 3. The molecule has 0 unspecified atom stereocenters. The van der Waals surface area contributed by atoms with E-state index < -0.39 is 0 Å². The standard InChI is InChI=1S/C18H21N5O2/c1-11(17(24)20-16-10-15(21-22-16)13-2-3-13)12-4-6-14(7-5-12)23-9-8-19-18(23)25/h4-7,10-11,13H,2-3,8-9H2,1H3,(H,19,25)(H2,20,21,22,24)/t11-/m0/s1. The summed E-state index contributed by atoms with van der Waals surface area (Å²) in [4.78, 5) is 25.9. The van der Waals surface area contributed by atoms with Gasteiger partial charge in [0.15, 0.2) is 5.82 Å². The number of hydrogen-bond donors (Lipinski definition) is 3. The minimum atomic E-state index is -0.303. The second kappa shape index (κ2) is 6.23. The average molecular weight is 339 g/mol. The van der Waals surface area contributed by atoms with Gasteiger partial charge >= 0.3 is 6.03 Å². The third-order valence-corrected chi connectivity index (χ3v) is 4.82. The highest BCUT2D eigenvalue weighted by Crippen LogP contribution is 2.39. The van der Waals surface area contributed by atoms with Crippen molar-refractivity contribution in [3.8, 4) is 0 Å². The van der Waals surface area contributed by atoms with Crippen molar-refractivity contribution in [2.45, 2.75) is 31.6 Å². The van der Waals surface area contributed by atoms with Gasteiger partial charge in [-0.3, -0.25) is 14.8 Å². The highest BCUT2D eigenvalue weighted by molar-refractivity contribution is 5.96. The molecule has 7 nitrogen and oxygen atoms in total. The third kappa shape index (κ3) is 3.22. The summed E-state index contributed by atoms with van der Waals surface area (Å²) in [6.45, 7) is 3.18. The smallest absolute Gasteiger partial charge is 0.321 e. The van der Waals surface area contributed by atoms with E-state index in [4.69, 9.17) is 0 Å². The summed E-state index contributed by atoms with van der Waals surface area (Å²) in [5.74, 6) is 0.748. The lowest BCUT2D eigenvalue weighted by atomic mass is 10.00. The van der Waals surface area contributed by atoms with E-state index in [0.29, 0.717) is 24.8 Å².